The van der Waals surface area contributed by atoms with Crippen molar-refractivity contribution in [2.75, 3.05) is 20.3 Å². The van der Waals surface area contributed by atoms with Gasteiger partial charge in [0.25, 0.3) is 5.91 Å². The molecule has 0 aliphatic rings. The molecule has 2 aromatic carbocycles. The summed E-state index contributed by atoms with van der Waals surface area (Å²) in [6, 6.07) is 13.0. The van der Waals surface area contributed by atoms with Gasteiger partial charge in [0.05, 0.1) is 7.11 Å². The lowest BCUT2D eigenvalue weighted by Crippen LogP contribution is -2.28. The molecule has 1 N–H and O–H groups in total. The Bertz CT molecular complexity index is 838. The molecule has 0 aliphatic carbocycles. The van der Waals surface area contributed by atoms with Crippen molar-refractivity contribution in [3.63, 3.8) is 0 Å². The third kappa shape index (κ3) is 5.98. The van der Waals surface area contributed by atoms with Crippen LogP contribution >= 0.6 is 0 Å². The van der Waals surface area contributed by atoms with E-state index in [1.165, 1.54) is 18.7 Å². The van der Waals surface area contributed by atoms with Gasteiger partial charge in [0.2, 0.25) is 0 Å². The van der Waals surface area contributed by atoms with Crippen LogP contribution < -0.4 is 14.8 Å². The van der Waals surface area contributed by atoms with Gasteiger partial charge in [-0.3, -0.25) is 9.59 Å². The molecule has 0 saturated heterocycles. The minimum atomic E-state index is -0.192. The van der Waals surface area contributed by atoms with Crippen molar-refractivity contribution in [2.24, 2.45) is 0 Å². The highest BCUT2D eigenvalue weighted by atomic mass is 16.5. The molecule has 0 radical (unpaired) electrons. The Morgan fingerprint density at radius 2 is 1.79 bits per heavy atom. The predicted octanol–water partition coefficient (Wildman–Crippen LogP) is 4.23. The van der Waals surface area contributed by atoms with Crippen LogP contribution in [-0.4, -0.2) is 32.0 Å². The molecule has 148 valence electrons. The SMILES string of the molecule is CCNC(=O)COc1ccc(/C=C/C(=O)c2ccc(C(C)C)cc2)cc1OC. The van der Waals surface area contributed by atoms with E-state index in [9.17, 15) is 9.59 Å². The van der Waals surface area contributed by atoms with Gasteiger partial charge in [0, 0.05) is 12.1 Å². The lowest BCUT2D eigenvalue weighted by atomic mass is 10.0. The molecule has 2 aromatic rings. The molecule has 0 spiro atoms. The van der Waals surface area contributed by atoms with Crippen LogP contribution in [-0.2, 0) is 4.79 Å². The number of ether oxygens (including phenoxy) is 2. The number of carbonyl (C=O) groups excluding carboxylic acids is 2. The van der Waals surface area contributed by atoms with E-state index in [-0.39, 0.29) is 18.3 Å². The normalized spacial score (nSPS) is 10.9. The summed E-state index contributed by atoms with van der Waals surface area (Å²) < 4.78 is 10.8. The minimum Gasteiger partial charge on any atom is -0.493 e. The first kappa shape index (κ1) is 21.2. The number of likely N-dealkylation sites (N-methyl/N-ethyl adjacent to an activating group) is 1. The number of allylic oxidation sites excluding steroid dienone is 1. The fourth-order valence-corrected chi connectivity index (χ4v) is 2.60. The van der Waals surface area contributed by atoms with Crippen LogP contribution in [0.4, 0.5) is 0 Å². The fourth-order valence-electron chi connectivity index (χ4n) is 2.60. The van der Waals surface area contributed by atoms with Gasteiger partial charge in [0.1, 0.15) is 0 Å². The number of benzene rings is 2. The largest absolute Gasteiger partial charge is 0.493 e. The fraction of sp³-hybridized carbons (Fsp3) is 0.304. The molecular formula is C23H27NO4. The molecule has 5 heteroatoms. The van der Waals surface area contributed by atoms with Crippen molar-refractivity contribution >= 4 is 17.8 Å². The highest BCUT2D eigenvalue weighted by molar-refractivity contribution is 6.06. The van der Waals surface area contributed by atoms with Crippen LogP contribution in [0.2, 0.25) is 0 Å². The summed E-state index contributed by atoms with van der Waals surface area (Å²) in [4.78, 5) is 23.9. The average Bonchev–Trinajstić information content (AvgIpc) is 2.70. The average molecular weight is 381 g/mol. The number of carbonyl (C=O) groups is 2. The molecule has 5 nitrogen and oxygen atoms in total. The highest BCUT2D eigenvalue weighted by Crippen LogP contribution is 2.28. The second kappa shape index (κ2) is 10.3. The Balaban J connectivity index is 2.06. The molecule has 0 heterocycles. The van der Waals surface area contributed by atoms with Crippen molar-refractivity contribution in [2.45, 2.75) is 26.7 Å². The molecule has 0 saturated carbocycles. The van der Waals surface area contributed by atoms with Crippen LogP contribution in [0, 0.1) is 0 Å². The Morgan fingerprint density at radius 3 is 2.39 bits per heavy atom. The van der Waals surface area contributed by atoms with Gasteiger partial charge in [-0.1, -0.05) is 50.3 Å². The second-order valence-corrected chi connectivity index (χ2v) is 6.63. The molecule has 0 aliphatic heterocycles. The smallest absolute Gasteiger partial charge is 0.257 e. The van der Waals surface area contributed by atoms with E-state index < -0.39 is 0 Å². The Hall–Kier alpha value is -3.08. The summed E-state index contributed by atoms with van der Waals surface area (Å²) in [6.07, 6.45) is 3.27. The van der Waals surface area contributed by atoms with Crippen LogP contribution in [0.25, 0.3) is 6.08 Å². The van der Waals surface area contributed by atoms with Crippen LogP contribution in [0.3, 0.4) is 0 Å². The van der Waals surface area contributed by atoms with Crippen molar-refractivity contribution in [1.29, 1.82) is 0 Å². The standard InChI is InChI=1S/C23H27NO4/c1-5-24-23(26)15-28-21-13-7-17(14-22(21)27-4)6-12-20(25)19-10-8-18(9-11-19)16(2)3/h6-14,16H,5,15H2,1-4H3,(H,24,26)/b12-6+. The van der Waals surface area contributed by atoms with Crippen molar-refractivity contribution in [3.05, 3.63) is 65.2 Å². The third-order valence-corrected chi connectivity index (χ3v) is 4.21. The summed E-state index contributed by atoms with van der Waals surface area (Å²) in [5, 5.41) is 2.67. The number of methoxy groups -OCH3 is 1. The summed E-state index contributed by atoms with van der Waals surface area (Å²) in [7, 11) is 1.53. The lowest BCUT2D eigenvalue weighted by Gasteiger charge is -2.11. The van der Waals surface area contributed by atoms with E-state index in [2.05, 4.69) is 19.2 Å². The van der Waals surface area contributed by atoms with Crippen LogP contribution in [0.15, 0.2) is 48.5 Å². The maximum Gasteiger partial charge on any atom is 0.257 e. The van der Waals surface area contributed by atoms with Gasteiger partial charge in [-0.15, -0.1) is 0 Å². The quantitative estimate of drug-likeness (QED) is 0.521. The number of hydrogen-bond donors (Lipinski definition) is 1. The predicted molar refractivity (Wildman–Crippen MR) is 111 cm³/mol. The molecule has 0 fully saturated rings. The van der Waals surface area contributed by atoms with E-state index in [4.69, 9.17) is 9.47 Å². The molecule has 0 aromatic heterocycles. The zero-order valence-corrected chi connectivity index (χ0v) is 16.8. The Kier molecular flexibility index (Phi) is 7.81. The number of hydrogen-bond acceptors (Lipinski definition) is 4. The van der Waals surface area contributed by atoms with Crippen molar-refractivity contribution in [1.82, 2.24) is 5.32 Å². The maximum absolute atomic E-state index is 12.4. The number of amides is 1. The third-order valence-electron chi connectivity index (χ3n) is 4.21. The van der Waals surface area contributed by atoms with Gasteiger partial charge in [-0.25, -0.2) is 0 Å². The number of ketones is 1. The minimum absolute atomic E-state index is 0.0640. The van der Waals surface area contributed by atoms with E-state index in [0.717, 1.165) is 5.56 Å². The summed E-state index contributed by atoms with van der Waals surface area (Å²) >= 11 is 0. The summed E-state index contributed by atoms with van der Waals surface area (Å²) in [5.41, 5.74) is 2.65. The first-order chi connectivity index (χ1) is 13.4. The number of rotatable bonds is 9. The van der Waals surface area contributed by atoms with Crippen molar-refractivity contribution in [3.8, 4) is 11.5 Å². The first-order valence-electron chi connectivity index (χ1n) is 9.34. The molecule has 0 unspecified atom stereocenters. The Morgan fingerprint density at radius 1 is 1.07 bits per heavy atom. The van der Waals surface area contributed by atoms with Gasteiger partial charge >= 0.3 is 0 Å². The maximum atomic E-state index is 12.4. The second-order valence-electron chi connectivity index (χ2n) is 6.63. The zero-order chi connectivity index (χ0) is 20.5. The molecule has 0 atom stereocenters. The van der Waals surface area contributed by atoms with E-state index in [0.29, 0.717) is 29.5 Å². The van der Waals surface area contributed by atoms with E-state index >= 15 is 0 Å². The monoisotopic (exact) mass is 381 g/mol. The number of nitrogens with one attached hydrogen (secondary N) is 1. The molecule has 0 bridgehead atoms. The summed E-state index contributed by atoms with van der Waals surface area (Å²) in [5.74, 6) is 1.15. The Labute approximate surface area is 166 Å². The molecular weight excluding hydrogens is 354 g/mol. The first-order valence-corrected chi connectivity index (χ1v) is 9.34. The van der Waals surface area contributed by atoms with Crippen LogP contribution in [0.1, 0.15) is 48.2 Å². The van der Waals surface area contributed by atoms with Gasteiger partial charge in [-0.05, 0) is 42.2 Å². The highest BCUT2D eigenvalue weighted by Gasteiger charge is 2.08. The van der Waals surface area contributed by atoms with Crippen LogP contribution in [0.5, 0.6) is 11.5 Å². The van der Waals surface area contributed by atoms with E-state index in [1.807, 2.05) is 31.2 Å². The lowest BCUT2D eigenvalue weighted by molar-refractivity contribution is -0.123. The van der Waals surface area contributed by atoms with Gasteiger partial charge in [-0.2, -0.15) is 0 Å². The van der Waals surface area contributed by atoms with Gasteiger partial charge < -0.3 is 14.8 Å². The molecule has 2 rings (SSSR count). The molecule has 28 heavy (non-hydrogen) atoms. The summed E-state index contributed by atoms with van der Waals surface area (Å²) in [6.45, 7) is 6.56. The van der Waals surface area contributed by atoms with Crippen molar-refractivity contribution < 1.29 is 19.1 Å². The molecule has 1 amide bonds. The topological polar surface area (TPSA) is 64.6 Å². The van der Waals surface area contributed by atoms with E-state index in [1.54, 1.807) is 24.3 Å². The van der Waals surface area contributed by atoms with Gasteiger partial charge in [0.15, 0.2) is 23.9 Å². The zero-order valence-electron chi connectivity index (χ0n) is 16.8.